The molecule has 0 saturated carbocycles. The van der Waals surface area contributed by atoms with E-state index in [9.17, 15) is 18.4 Å². The smallest absolute Gasteiger partial charge is 0.387 e. The van der Waals surface area contributed by atoms with Crippen molar-refractivity contribution >= 4 is 35.1 Å². The average molecular weight is 391 g/mol. The van der Waals surface area contributed by atoms with Gasteiger partial charge < -0.3 is 9.64 Å². The molecule has 1 aliphatic heterocycles. The van der Waals surface area contributed by atoms with Crippen LogP contribution >= 0.6 is 11.6 Å². The molecule has 1 aliphatic rings. The number of guanidine groups is 1. The van der Waals surface area contributed by atoms with Gasteiger partial charge in [-0.2, -0.15) is 8.78 Å². The third kappa shape index (κ3) is 4.11. The average Bonchev–Trinajstić information content (AvgIpc) is 2.98. The number of carbonyl (C=O) groups excluding carboxylic acids is 2. The van der Waals surface area contributed by atoms with Crippen LogP contribution in [0.1, 0.15) is 23.7 Å². The van der Waals surface area contributed by atoms with Crippen molar-refractivity contribution in [1.29, 1.82) is 0 Å². The Balaban J connectivity index is 2.41. The lowest BCUT2D eigenvalue weighted by Gasteiger charge is -2.23. The molecule has 1 heterocycles. The first kappa shape index (κ1) is 19.7. The van der Waals surface area contributed by atoms with E-state index in [1.54, 1.807) is 14.0 Å². The summed E-state index contributed by atoms with van der Waals surface area (Å²) in [6, 6.07) is 2.37. The van der Waals surface area contributed by atoms with Crippen LogP contribution in [0.4, 0.5) is 14.5 Å². The Morgan fingerprint density at radius 2 is 2.15 bits per heavy atom. The predicted molar refractivity (Wildman–Crippen MR) is 90.7 cm³/mol. The molecular formula is C14H17ClF2N6O3. The molecule has 0 atom stereocenters. The Bertz CT molecular complexity index is 746. The van der Waals surface area contributed by atoms with Crippen molar-refractivity contribution in [2.75, 3.05) is 19.0 Å². The van der Waals surface area contributed by atoms with Crippen LogP contribution < -0.4 is 26.0 Å². The molecule has 142 valence electrons. The molecule has 2 amide bonds. The molecule has 1 aromatic rings. The number of anilines is 1. The lowest BCUT2D eigenvalue weighted by Crippen LogP contribution is -2.45. The van der Waals surface area contributed by atoms with Crippen LogP contribution in [-0.4, -0.2) is 43.5 Å². The van der Waals surface area contributed by atoms with Gasteiger partial charge in [0.1, 0.15) is 5.69 Å². The molecule has 0 spiro atoms. The summed E-state index contributed by atoms with van der Waals surface area (Å²) in [4.78, 5) is 25.5. The zero-order valence-electron chi connectivity index (χ0n) is 14.1. The number of nitrogens with zero attached hydrogens (tertiary/aromatic N) is 3. The van der Waals surface area contributed by atoms with Crippen LogP contribution in [0.5, 0.6) is 5.75 Å². The highest BCUT2D eigenvalue weighted by molar-refractivity contribution is 6.37. The molecule has 26 heavy (non-hydrogen) atoms. The number of amides is 2. The summed E-state index contributed by atoms with van der Waals surface area (Å²) in [6.07, 6.45) is 0.107. The second kappa shape index (κ2) is 8.15. The molecule has 9 nitrogen and oxygen atoms in total. The van der Waals surface area contributed by atoms with Crippen molar-refractivity contribution in [2.45, 2.75) is 20.0 Å². The number of hydrogen-bond acceptors (Lipinski definition) is 7. The minimum absolute atomic E-state index is 0.0398. The molecule has 0 bridgehead atoms. The third-order valence-electron chi connectivity index (χ3n) is 3.47. The first-order chi connectivity index (χ1) is 12.3. The Morgan fingerprint density at radius 1 is 1.46 bits per heavy atom. The number of nitrogens with one attached hydrogen (secondary N) is 3. The topological polar surface area (TPSA) is 98.3 Å². The number of alkyl halides is 2. The number of rotatable bonds is 5. The van der Waals surface area contributed by atoms with Gasteiger partial charge in [0.25, 0.3) is 5.91 Å². The molecular weight excluding hydrogens is 374 g/mol. The van der Waals surface area contributed by atoms with Gasteiger partial charge in [-0.3, -0.25) is 19.9 Å². The molecule has 3 N–H and O–H groups in total. The van der Waals surface area contributed by atoms with Gasteiger partial charge in [0.2, 0.25) is 11.9 Å². The van der Waals surface area contributed by atoms with Gasteiger partial charge in [-0.1, -0.05) is 18.5 Å². The Hall–Kier alpha value is -2.66. The largest absolute Gasteiger partial charge is 0.433 e. The molecule has 0 aliphatic carbocycles. The number of ether oxygens (including phenoxy) is 1. The Kier molecular flexibility index (Phi) is 6.16. The molecule has 0 saturated heterocycles. The van der Waals surface area contributed by atoms with Gasteiger partial charge in [-0.05, 0) is 12.1 Å². The van der Waals surface area contributed by atoms with E-state index in [1.807, 2.05) is 0 Å². The van der Waals surface area contributed by atoms with Gasteiger partial charge in [-0.15, -0.1) is 10.6 Å². The fourth-order valence-electron chi connectivity index (χ4n) is 2.15. The normalized spacial score (nSPS) is 13.3. The van der Waals surface area contributed by atoms with Crippen LogP contribution in [0.15, 0.2) is 17.2 Å². The number of carbonyl (C=O) groups is 2. The van der Waals surface area contributed by atoms with Crippen molar-refractivity contribution in [1.82, 2.24) is 21.4 Å². The summed E-state index contributed by atoms with van der Waals surface area (Å²) in [6.45, 7) is -1.52. The summed E-state index contributed by atoms with van der Waals surface area (Å²) in [5.41, 5.74) is 4.88. The lowest BCUT2D eigenvalue weighted by atomic mass is 10.1. The van der Waals surface area contributed by atoms with E-state index in [1.165, 1.54) is 18.1 Å². The summed E-state index contributed by atoms with van der Waals surface area (Å²) >= 11 is 6.25. The van der Waals surface area contributed by atoms with Crippen LogP contribution in [-0.2, 0) is 4.79 Å². The van der Waals surface area contributed by atoms with E-state index in [0.29, 0.717) is 0 Å². The Morgan fingerprint density at radius 3 is 2.69 bits per heavy atom. The van der Waals surface area contributed by atoms with Crippen LogP contribution in [0.2, 0.25) is 5.02 Å². The first-order valence-corrected chi connectivity index (χ1v) is 7.81. The minimum Gasteiger partial charge on any atom is -0.433 e. The number of hydrogen-bond donors (Lipinski definition) is 3. The fourth-order valence-corrected chi connectivity index (χ4v) is 2.52. The number of benzene rings is 1. The first-order valence-electron chi connectivity index (χ1n) is 7.43. The van der Waals surface area contributed by atoms with Crippen LogP contribution in [0.25, 0.3) is 0 Å². The summed E-state index contributed by atoms with van der Waals surface area (Å²) in [7, 11) is 2.95. The van der Waals surface area contributed by atoms with Crippen molar-refractivity contribution in [2.24, 2.45) is 5.10 Å². The zero-order chi connectivity index (χ0) is 19.4. The van der Waals surface area contributed by atoms with Gasteiger partial charge in [0.15, 0.2) is 5.75 Å². The second-order valence-electron chi connectivity index (χ2n) is 5.13. The van der Waals surface area contributed by atoms with E-state index >= 15 is 0 Å². The summed E-state index contributed by atoms with van der Waals surface area (Å²) in [5.74, 6) is -1.19. The SMILES string of the molecule is CCC(=O)N(C)c1c(OC(F)F)ccc(C(=O)NC2=NNNN2C)c1Cl. The van der Waals surface area contributed by atoms with Gasteiger partial charge >= 0.3 is 6.61 Å². The molecule has 0 unspecified atom stereocenters. The fraction of sp³-hybridized carbons (Fsp3) is 0.357. The van der Waals surface area contributed by atoms with E-state index < -0.39 is 18.4 Å². The number of hydrazine groups is 2. The Labute approximate surface area is 152 Å². The van der Waals surface area contributed by atoms with Crippen molar-refractivity contribution in [3.05, 3.63) is 22.7 Å². The van der Waals surface area contributed by atoms with E-state index in [0.717, 1.165) is 11.0 Å². The lowest BCUT2D eigenvalue weighted by molar-refractivity contribution is -0.118. The van der Waals surface area contributed by atoms with Crippen molar-refractivity contribution in [3.8, 4) is 5.75 Å². The van der Waals surface area contributed by atoms with E-state index in [4.69, 9.17) is 11.6 Å². The molecule has 0 radical (unpaired) electrons. The van der Waals surface area contributed by atoms with Crippen molar-refractivity contribution < 1.29 is 23.1 Å². The van der Waals surface area contributed by atoms with Gasteiger partial charge in [0.05, 0.1) is 10.6 Å². The molecule has 2 rings (SSSR count). The van der Waals surface area contributed by atoms with Gasteiger partial charge in [-0.25, -0.2) is 5.53 Å². The molecule has 0 fully saturated rings. The maximum Gasteiger partial charge on any atom is 0.387 e. The number of halogens is 3. The van der Waals surface area contributed by atoms with Crippen molar-refractivity contribution in [3.63, 3.8) is 0 Å². The molecule has 12 heteroatoms. The van der Waals surface area contributed by atoms with Gasteiger partial charge in [0, 0.05) is 20.5 Å². The summed E-state index contributed by atoms with van der Waals surface area (Å²) < 4.78 is 29.8. The van der Waals surface area contributed by atoms with E-state index in [-0.39, 0.29) is 34.4 Å². The molecule has 0 aromatic heterocycles. The predicted octanol–water partition coefficient (Wildman–Crippen LogP) is 1.27. The maximum atomic E-state index is 12.7. The second-order valence-corrected chi connectivity index (χ2v) is 5.51. The minimum atomic E-state index is -3.12. The summed E-state index contributed by atoms with van der Waals surface area (Å²) in [5, 5.41) is 7.47. The maximum absolute atomic E-state index is 12.7. The molecule has 1 aromatic carbocycles. The quantitative estimate of drug-likeness (QED) is 0.700. The highest BCUT2D eigenvalue weighted by Crippen LogP contribution is 2.39. The standard InChI is InChI=1S/C14H17ClF2N6O3/c1-4-9(24)22(2)11-8(26-13(16)17)6-5-7(10(11)15)12(25)18-14-19-20-21-23(14)3/h5-6,13,20-21H,4H2,1-3H3,(H,18,19,25). The highest BCUT2D eigenvalue weighted by Gasteiger charge is 2.26. The zero-order valence-corrected chi connectivity index (χ0v) is 14.9. The van der Waals surface area contributed by atoms with Crippen LogP contribution in [0.3, 0.4) is 0 Å². The monoisotopic (exact) mass is 390 g/mol. The highest BCUT2D eigenvalue weighted by atomic mass is 35.5. The number of hydrazone groups is 1. The van der Waals surface area contributed by atoms with Crippen LogP contribution in [0, 0.1) is 0 Å². The third-order valence-corrected chi connectivity index (χ3v) is 3.86. The van der Waals surface area contributed by atoms with E-state index in [2.05, 4.69) is 26.2 Å².